The maximum absolute atomic E-state index is 11.1. The zero-order chi connectivity index (χ0) is 16.9. The molecule has 2 aromatic heterocycles. The van der Waals surface area contributed by atoms with E-state index in [-0.39, 0.29) is 11.3 Å². The van der Waals surface area contributed by atoms with Crippen LogP contribution >= 0.6 is 0 Å². The quantitative estimate of drug-likeness (QED) is 0.571. The van der Waals surface area contributed by atoms with Gasteiger partial charge in [-0.1, -0.05) is 6.07 Å². The molecule has 0 radical (unpaired) electrons. The lowest BCUT2D eigenvalue weighted by Gasteiger charge is -2.08. The molecular weight excluding hydrogens is 308 g/mol. The summed E-state index contributed by atoms with van der Waals surface area (Å²) in [5.41, 5.74) is 1.35. The SMILES string of the molecule is N#Cc1ccc(NCc2ccc(-n3ccnc3)nc2)c([N+](=O)[O-])c1. The Hall–Kier alpha value is -3.73. The molecule has 0 spiro atoms. The highest BCUT2D eigenvalue weighted by Gasteiger charge is 2.14. The van der Waals surface area contributed by atoms with E-state index in [1.54, 1.807) is 29.5 Å². The van der Waals surface area contributed by atoms with Crippen molar-refractivity contribution in [2.75, 3.05) is 5.32 Å². The zero-order valence-electron chi connectivity index (χ0n) is 12.5. The Kier molecular flexibility index (Phi) is 4.16. The zero-order valence-corrected chi connectivity index (χ0v) is 12.5. The molecule has 0 saturated heterocycles. The number of nitro benzene ring substituents is 1. The first-order valence-corrected chi connectivity index (χ1v) is 7.03. The van der Waals surface area contributed by atoms with Gasteiger partial charge in [0, 0.05) is 31.2 Å². The number of benzene rings is 1. The second kappa shape index (κ2) is 6.58. The van der Waals surface area contributed by atoms with Crippen LogP contribution < -0.4 is 5.32 Å². The van der Waals surface area contributed by atoms with Gasteiger partial charge in [-0.15, -0.1) is 0 Å². The van der Waals surface area contributed by atoms with Crippen LogP contribution in [-0.2, 0) is 6.54 Å². The van der Waals surface area contributed by atoms with Crippen molar-refractivity contribution in [1.29, 1.82) is 5.26 Å². The largest absolute Gasteiger partial charge is 0.375 e. The molecule has 1 aromatic carbocycles. The minimum atomic E-state index is -0.510. The smallest absolute Gasteiger partial charge is 0.293 e. The van der Waals surface area contributed by atoms with Gasteiger partial charge in [0.1, 0.15) is 17.8 Å². The van der Waals surface area contributed by atoms with Crippen molar-refractivity contribution < 1.29 is 4.92 Å². The van der Waals surface area contributed by atoms with Crippen LogP contribution in [0.2, 0.25) is 0 Å². The highest BCUT2D eigenvalue weighted by molar-refractivity contribution is 5.64. The topological polar surface area (TPSA) is 110 Å². The van der Waals surface area contributed by atoms with E-state index in [9.17, 15) is 10.1 Å². The molecule has 0 bridgehead atoms. The van der Waals surface area contributed by atoms with Crippen LogP contribution in [0, 0.1) is 21.4 Å². The van der Waals surface area contributed by atoms with E-state index in [2.05, 4.69) is 15.3 Å². The number of nitrogens with zero attached hydrogens (tertiary/aromatic N) is 5. The number of nitrogens with one attached hydrogen (secondary N) is 1. The van der Waals surface area contributed by atoms with Crippen LogP contribution in [0.4, 0.5) is 11.4 Å². The average Bonchev–Trinajstić information content (AvgIpc) is 3.15. The Balaban J connectivity index is 1.74. The maximum Gasteiger partial charge on any atom is 0.293 e. The van der Waals surface area contributed by atoms with Gasteiger partial charge in [0.05, 0.1) is 16.6 Å². The molecule has 0 aliphatic rings. The van der Waals surface area contributed by atoms with E-state index < -0.39 is 4.92 Å². The van der Waals surface area contributed by atoms with Crippen LogP contribution in [-0.4, -0.2) is 19.5 Å². The van der Waals surface area contributed by atoms with Crippen LogP contribution in [0.25, 0.3) is 5.82 Å². The van der Waals surface area contributed by atoms with Crippen molar-refractivity contribution >= 4 is 11.4 Å². The Labute approximate surface area is 137 Å². The summed E-state index contributed by atoms with van der Waals surface area (Å²) >= 11 is 0. The number of nitro groups is 1. The lowest BCUT2D eigenvalue weighted by Crippen LogP contribution is -2.04. The van der Waals surface area contributed by atoms with Gasteiger partial charge in [0.15, 0.2) is 0 Å². The molecule has 8 heteroatoms. The highest BCUT2D eigenvalue weighted by Crippen LogP contribution is 2.25. The second-order valence-electron chi connectivity index (χ2n) is 4.95. The molecule has 2 heterocycles. The molecule has 24 heavy (non-hydrogen) atoms. The third-order valence-electron chi connectivity index (χ3n) is 3.38. The number of imidazole rings is 1. The van der Waals surface area contributed by atoms with Gasteiger partial charge in [0.25, 0.3) is 5.69 Å². The molecule has 1 N–H and O–H groups in total. The van der Waals surface area contributed by atoms with Crippen molar-refractivity contribution in [1.82, 2.24) is 14.5 Å². The van der Waals surface area contributed by atoms with Crippen molar-refractivity contribution in [2.45, 2.75) is 6.54 Å². The normalized spacial score (nSPS) is 10.1. The number of anilines is 1. The Morgan fingerprint density at radius 3 is 2.83 bits per heavy atom. The first-order chi connectivity index (χ1) is 11.7. The molecular formula is C16H12N6O2. The molecule has 0 atom stereocenters. The Morgan fingerprint density at radius 2 is 2.21 bits per heavy atom. The summed E-state index contributed by atoms with van der Waals surface area (Å²) in [7, 11) is 0. The summed E-state index contributed by atoms with van der Waals surface area (Å²) < 4.78 is 1.78. The molecule has 0 aliphatic carbocycles. The van der Waals surface area contributed by atoms with E-state index in [0.29, 0.717) is 12.2 Å². The van der Waals surface area contributed by atoms with Crippen molar-refractivity contribution in [3.8, 4) is 11.9 Å². The van der Waals surface area contributed by atoms with Crippen molar-refractivity contribution in [3.63, 3.8) is 0 Å². The van der Waals surface area contributed by atoms with E-state index in [1.165, 1.54) is 18.2 Å². The van der Waals surface area contributed by atoms with Gasteiger partial charge in [-0.05, 0) is 23.8 Å². The number of nitriles is 1. The first-order valence-electron chi connectivity index (χ1n) is 7.03. The Morgan fingerprint density at radius 1 is 1.33 bits per heavy atom. The highest BCUT2D eigenvalue weighted by atomic mass is 16.6. The van der Waals surface area contributed by atoms with Crippen LogP contribution in [0.15, 0.2) is 55.2 Å². The molecule has 8 nitrogen and oxygen atoms in total. The summed E-state index contributed by atoms with van der Waals surface area (Å²) in [6.07, 6.45) is 6.81. The van der Waals surface area contributed by atoms with Gasteiger partial charge in [-0.25, -0.2) is 9.97 Å². The van der Waals surface area contributed by atoms with Gasteiger partial charge in [-0.2, -0.15) is 5.26 Å². The lowest BCUT2D eigenvalue weighted by molar-refractivity contribution is -0.384. The van der Waals surface area contributed by atoms with Gasteiger partial charge in [-0.3, -0.25) is 14.7 Å². The molecule has 118 valence electrons. The van der Waals surface area contributed by atoms with E-state index in [4.69, 9.17) is 5.26 Å². The summed E-state index contributed by atoms with van der Waals surface area (Å²) in [6, 6.07) is 9.93. The summed E-state index contributed by atoms with van der Waals surface area (Å²) in [6.45, 7) is 0.379. The predicted octanol–water partition coefficient (Wildman–Crippen LogP) is 2.66. The number of rotatable bonds is 5. The molecule has 0 unspecified atom stereocenters. The molecule has 0 fully saturated rings. The maximum atomic E-state index is 11.1. The van der Waals surface area contributed by atoms with E-state index >= 15 is 0 Å². The number of aromatic nitrogens is 3. The average molecular weight is 320 g/mol. The minimum Gasteiger partial charge on any atom is -0.375 e. The molecule has 0 amide bonds. The fourth-order valence-corrected chi connectivity index (χ4v) is 2.17. The lowest BCUT2D eigenvalue weighted by atomic mass is 10.2. The fourth-order valence-electron chi connectivity index (χ4n) is 2.17. The second-order valence-corrected chi connectivity index (χ2v) is 4.95. The first kappa shape index (κ1) is 15.2. The molecule has 3 aromatic rings. The fraction of sp³-hybridized carbons (Fsp3) is 0.0625. The van der Waals surface area contributed by atoms with Crippen molar-refractivity contribution in [2.24, 2.45) is 0 Å². The number of hydrogen-bond donors (Lipinski definition) is 1. The van der Waals surface area contributed by atoms with Crippen LogP contribution in [0.1, 0.15) is 11.1 Å². The monoisotopic (exact) mass is 320 g/mol. The third kappa shape index (κ3) is 3.20. The molecule has 0 aliphatic heterocycles. The predicted molar refractivity (Wildman–Crippen MR) is 86.5 cm³/mol. The summed E-state index contributed by atoms with van der Waals surface area (Å²) in [5, 5.41) is 23.0. The van der Waals surface area contributed by atoms with Gasteiger partial charge < -0.3 is 5.32 Å². The molecule has 3 rings (SSSR count). The third-order valence-corrected chi connectivity index (χ3v) is 3.38. The summed E-state index contributed by atoms with van der Waals surface area (Å²) in [5.74, 6) is 0.737. The number of pyridine rings is 1. The van der Waals surface area contributed by atoms with Gasteiger partial charge in [0.2, 0.25) is 0 Å². The van der Waals surface area contributed by atoms with E-state index in [1.807, 2.05) is 18.2 Å². The molecule has 0 saturated carbocycles. The minimum absolute atomic E-state index is 0.128. The standard InChI is InChI=1S/C16H12N6O2/c17-8-12-1-3-14(15(7-12)22(23)24)19-9-13-2-4-16(20-10-13)21-6-5-18-11-21/h1-7,10-11,19H,9H2. The van der Waals surface area contributed by atoms with Gasteiger partial charge >= 0.3 is 0 Å². The van der Waals surface area contributed by atoms with Crippen LogP contribution in [0.5, 0.6) is 0 Å². The van der Waals surface area contributed by atoms with Crippen LogP contribution in [0.3, 0.4) is 0 Å². The van der Waals surface area contributed by atoms with Crippen molar-refractivity contribution in [3.05, 3.63) is 76.5 Å². The number of hydrogen-bond acceptors (Lipinski definition) is 6. The van der Waals surface area contributed by atoms with E-state index in [0.717, 1.165) is 11.4 Å². The Bertz CT molecular complexity index is 897. The summed E-state index contributed by atoms with van der Waals surface area (Å²) in [4.78, 5) is 18.9.